The zero-order valence-corrected chi connectivity index (χ0v) is 12.3. The molecule has 1 saturated heterocycles. The summed E-state index contributed by atoms with van der Waals surface area (Å²) >= 11 is 12.0. The highest BCUT2D eigenvalue weighted by atomic mass is 35.5. The quantitative estimate of drug-likeness (QED) is 0.583. The summed E-state index contributed by atoms with van der Waals surface area (Å²) in [5, 5.41) is 0.811. The summed E-state index contributed by atoms with van der Waals surface area (Å²) in [4.78, 5) is 24.9. The summed E-state index contributed by atoms with van der Waals surface area (Å²) in [5.74, 6) is -1.54. The Kier molecular flexibility index (Phi) is 3.51. The molecular weight excluding hydrogens is 299 g/mol. The summed E-state index contributed by atoms with van der Waals surface area (Å²) < 4.78 is 5.47. The van der Waals surface area contributed by atoms with Gasteiger partial charge in [0.25, 0.3) is 0 Å². The first kappa shape index (κ1) is 13.9. The molecule has 0 unspecified atom stereocenters. The van der Waals surface area contributed by atoms with Crippen molar-refractivity contribution in [3.63, 3.8) is 0 Å². The van der Waals surface area contributed by atoms with Crippen LogP contribution in [0.4, 0.5) is 0 Å². The number of carbonyl (C=O) groups is 2. The minimum atomic E-state index is -0.914. The highest BCUT2D eigenvalue weighted by Crippen LogP contribution is 2.44. The fourth-order valence-corrected chi connectivity index (χ4v) is 3.66. The molecule has 5 heteroatoms. The number of ether oxygens (including phenoxy) is 1. The van der Waals surface area contributed by atoms with Crippen LogP contribution in [0.1, 0.15) is 43.6 Å². The maximum Gasteiger partial charge on any atom is 0.322 e. The van der Waals surface area contributed by atoms with E-state index in [0.29, 0.717) is 28.5 Å². The second kappa shape index (κ2) is 5.05. The lowest BCUT2D eigenvalue weighted by Gasteiger charge is -2.29. The number of hydrogen-bond acceptors (Lipinski definition) is 3. The fraction of sp³-hybridized carbons (Fsp3) is 0.467. The van der Waals surface area contributed by atoms with Crippen LogP contribution < -0.4 is 0 Å². The van der Waals surface area contributed by atoms with Gasteiger partial charge in [0.15, 0.2) is 11.4 Å². The van der Waals surface area contributed by atoms with E-state index >= 15 is 0 Å². The number of benzene rings is 1. The van der Waals surface area contributed by atoms with Gasteiger partial charge >= 0.3 is 5.97 Å². The van der Waals surface area contributed by atoms with E-state index < -0.39 is 17.5 Å². The number of carbonyl (C=O) groups excluding carboxylic acids is 2. The number of Topliss-reactive ketones (excluding diaryl/α,β-unsaturated/α-hetero) is 1. The highest BCUT2D eigenvalue weighted by molar-refractivity contribution is 6.35. The van der Waals surface area contributed by atoms with E-state index in [2.05, 4.69) is 0 Å². The Morgan fingerprint density at radius 3 is 2.45 bits per heavy atom. The van der Waals surface area contributed by atoms with Crippen molar-refractivity contribution in [1.82, 2.24) is 0 Å². The first-order chi connectivity index (χ1) is 9.53. The zero-order valence-electron chi connectivity index (χ0n) is 10.8. The van der Waals surface area contributed by atoms with Crippen molar-refractivity contribution in [3.8, 4) is 0 Å². The maximum absolute atomic E-state index is 12.7. The summed E-state index contributed by atoms with van der Waals surface area (Å²) in [5.41, 5.74) is -0.420. The second-order valence-corrected chi connectivity index (χ2v) is 6.28. The molecular formula is C15H14Cl2O3. The molecule has 1 heterocycles. The summed E-state index contributed by atoms with van der Waals surface area (Å²) in [6.45, 7) is 0. The lowest BCUT2D eigenvalue weighted by Crippen LogP contribution is -2.39. The average molecular weight is 313 g/mol. The van der Waals surface area contributed by atoms with Crippen LogP contribution in [0.2, 0.25) is 10.0 Å². The third kappa shape index (κ3) is 2.13. The van der Waals surface area contributed by atoms with E-state index in [0.717, 1.165) is 19.3 Å². The van der Waals surface area contributed by atoms with Crippen LogP contribution in [0.25, 0.3) is 0 Å². The van der Waals surface area contributed by atoms with Crippen molar-refractivity contribution in [2.75, 3.05) is 0 Å². The molecule has 1 atom stereocenters. The Morgan fingerprint density at radius 2 is 1.80 bits per heavy atom. The molecule has 0 N–H and O–H groups in total. The SMILES string of the molecule is O=C1OC2(CCCCC2)C(=O)[C@@H]1c1ccc(Cl)cc1Cl. The molecule has 106 valence electrons. The van der Waals surface area contributed by atoms with Crippen LogP contribution in [-0.2, 0) is 14.3 Å². The van der Waals surface area contributed by atoms with E-state index in [1.54, 1.807) is 18.2 Å². The Balaban J connectivity index is 1.98. The number of halogens is 2. The third-order valence-electron chi connectivity index (χ3n) is 4.18. The molecule has 0 radical (unpaired) electrons. The summed E-state index contributed by atoms with van der Waals surface area (Å²) in [7, 11) is 0. The number of rotatable bonds is 1. The highest BCUT2D eigenvalue weighted by Gasteiger charge is 2.55. The lowest BCUT2D eigenvalue weighted by molar-refractivity contribution is -0.154. The van der Waals surface area contributed by atoms with Gasteiger partial charge in [-0.2, -0.15) is 0 Å². The van der Waals surface area contributed by atoms with Gasteiger partial charge in [0.05, 0.1) is 0 Å². The van der Waals surface area contributed by atoms with Gasteiger partial charge in [0.1, 0.15) is 5.92 Å². The average Bonchev–Trinajstić information content (AvgIpc) is 2.63. The van der Waals surface area contributed by atoms with Gasteiger partial charge in [0, 0.05) is 10.0 Å². The molecule has 1 aromatic carbocycles. The standard InChI is InChI=1S/C15H14Cl2O3/c16-9-4-5-10(11(17)8-9)12-13(18)15(20-14(12)19)6-2-1-3-7-15/h4-5,8,12H,1-3,6-7H2/t12-/m0/s1. The Bertz CT molecular complexity index is 576. The minimum absolute atomic E-state index is 0.147. The van der Waals surface area contributed by atoms with Gasteiger partial charge in [-0.3, -0.25) is 9.59 Å². The van der Waals surface area contributed by atoms with Crippen molar-refractivity contribution in [2.45, 2.75) is 43.6 Å². The molecule has 2 fully saturated rings. The molecule has 1 aliphatic carbocycles. The van der Waals surface area contributed by atoms with Crippen LogP contribution in [0.3, 0.4) is 0 Å². The van der Waals surface area contributed by atoms with E-state index in [1.807, 2.05) is 0 Å². The van der Waals surface area contributed by atoms with Crippen LogP contribution in [-0.4, -0.2) is 17.4 Å². The molecule has 1 aliphatic heterocycles. The van der Waals surface area contributed by atoms with Crippen LogP contribution in [0.15, 0.2) is 18.2 Å². The molecule has 1 saturated carbocycles. The van der Waals surface area contributed by atoms with Crippen molar-refractivity contribution in [1.29, 1.82) is 0 Å². The Labute approximate surface area is 127 Å². The fourth-order valence-electron chi connectivity index (χ4n) is 3.15. The lowest BCUT2D eigenvalue weighted by atomic mass is 9.78. The molecule has 3 nitrogen and oxygen atoms in total. The summed E-state index contributed by atoms with van der Waals surface area (Å²) in [6.07, 6.45) is 4.16. The normalized spacial score (nSPS) is 25.0. The molecule has 0 bridgehead atoms. The van der Waals surface area contributed by atoms with Crippen LogP contribution >= 0.6 is 23.2 Å². The van der Waals surface area contributed by atoms with E-state index in [-0.39, 0.29) is 5.78 Å². The predicted molar refractivity (Wildman–Crippen MR) is 76.1 cm³/mol. The molecule has 20 heavy (non-hydrogen) atoms. The van der Waals surface area contributed by atoms with Gasteiger partial charge in [-0.15, -0.1) is 0 Å². The first-order valence-corrected chi connectivity index (χ1v) is 7.51. The molecule has 0 amide bonds. The van der Waals surface area contributed by atoms with E-state index in [9.17, 15) is 9.59 Å². The van der Waals surface area contributed by atoms with Crippen molar-refractivity contribution in [3.05, 3.63) is 33.8 Å². The number of hydrogen-bond donors (Lipinski definition) is 0. The number of esters is 1. The minimum Gasteiger partial charge on any atom is -0.450 e. The molecule has 0 aromatic heterocycles. The topological polar surface area (TPSA) is 43.4 Å². The van der Waals surface area contributed by atoms with Crippen LogP contribution in [0, 0.1) is 0 Å². The van der Waals surface area contributed by atoms with Gasteiger partial charge in [0.2, 0.25) is 0 Å². The van der Waals surface area contributed by atoms with Gasteiger partial charge in [-0.25, -0.2) is 0 Å². The Hall–Kier alpha value is -1.06. The van der Waals surface area contributed by atoms with Crippen LogP contribution in [0.5, 0.6) is 0 Å². The second-order valence-electron chi connectivity index (χ2n) is 5.44. The predicted octanol–water partition coefficient (Wildman–Crippen LogP) is 3.91. The monoisotopic (exact) mass is 312 g/mol. The van der Waals surface area contributed by atoms with Crippen molar-refractivity contribution < 1.29 is 14.3 Å². The van der Waals surface area contributed by atoms with E-state index in [4.69, 9.17) is 27.9 Å². The molecule has 3 rings (SSSR count). The largest absolute Gasteiger partial charge is 0.450 e. The zero-order chi connectivity index (χ0) is 14.3. The molecule has 1 aromatic rings. The van der Waals surface area contributed by atoms with Gasteiger partial charge in [-0.1, -0.05) is 35.7 Å². The van der Waals surface area contributed by atoms with E-state index in [1.165, 1.54) is 0 Å². The first-order valence-electron chi connectivity index (χ1n) is 6.76. The van der Waals surface area contributed by atoms with Gasteiger partial charge < -0.3 is 4.74 Å². The van der Waals surface area contributed by atoms with Crippen molar-refractivity contribution >= 4 is 35.0 Å². The number of ketones is 1. The summed E-state index contributed by atoms with van der Waals surface area (Å²) in [6, 6.07) is 4.82. The Morgan fingerprint density at radius 1 is 1.10 bits per heavy atom. The maximum atomic E-state index is 12.7. The van der Waals surface area contributed by atoms with Gasteiger partial charge in [-0.05, 0) is 43.4 Å². The van der Waals surface area contributed by atoms with Crippen molar-refractivity contribution in [2.24, 2.45) is 0 Å². The molecule has 2 aliphatic rings. The third-order valence-corrected chi connectivity index (χ3v) is 4.74. The smallest absolute Gasteiger partial charge is 0.322 e. The molecule has 1 spiro atoms.